The Kier molecular flexibility index (Phi) is 5.81. The van der Waals surface area contributed by atoms with Crippen LogP contribution < -0.4 is 4.90 Å². The van der Waals surface area contributed by atoms with Crippen LogP contribution in [0, 0.1) is 6.92 Å². The van der Waals surface area contributed by atoms with Crippen LogP contribution in [0.3, 0.4) is 0 Å². The molecule has 1 fully saturated rings. The van der Waals surface area contributed by atoms with E-state index in [1.807, 2.05) is 25.1 Å². The van der Waals surface area contributed by atoms with Crippen LogP contribution in [0.2, 0.25) is 0 Å². The summed E-state index contributed by atoms with van der Waals surface area (Å²) in [7, 11) is 0. The molecule has 2 aromatic heterocycles. The summed E-state index contributed by atoms with van der Waals surface area (Å²) in [6, 6.07) is 7.50. The molecule has 0 amide bonds. The molecule has 134 valence electrons. The van der Waals surface area contributed by atoms with Crippen LogP contribution in [-0.4, -0.2) is 53.4 Å². The van der Waals surface area contributed by atoms with Gasteiger partial charge in [0.15, 0.2) is 0 Å². The van der Waals surface area contributed by atoms with Gasteiger partial charge in [0, 0.05) is 43.0 Å². The Morgan fingerprint density at radius 3 is 2.92 bits per heavy atom. The number of pyridine rings is 2. The van der Waals surface area contributed by atoms with E-state index >= 15 is 0 Å². The number of hydrogen-bond donors (Lipinski definition) is 0. The first kappa shape index (κ1) is 18.0. The summed E-state index contributed by atoms with van der Waals surface area (Å²) in [5.41, 5.74) is 1.78. The van der Waals surface area contributed by atoms with Crippen molar-refractivity contribution in [3.8, 4) is 0 Å². The van der Waals surface area contributed by atoms with Crippen molar-refractivity contribution in [2.45, 2.75) is 20.3 Å². The van der Waals surface area contributed by atoms with Crippen LogP contribution in [-0.2, 0) is 0 Å². The highest BCUT2D eigenvalue weighted by atomic mass is 79.9. The second-order valence-corrected chi connectivity index (χ2v) is 7.19. The average molecular weight is 405 g/mol. The molecule has 0 saturated carbocycles. The largest absolute Gasteiger partial charge is 0.355 e. The van der Waals surface area contributed by atoms with Gasteiger partial charge in [0.2, 0.25) is 5.78 Å². The quantitative estimate of drug-likeness (QED) is 0.729. The smallest absolute Gasteiger partial charge is 0.213 e. The van der Waals surface area contributed by atoms with E-state index in [9.17, 15) is 4.79 Å². The summed E-state index contributed by atoms with van der Waals surface area (Å²) in [5, 5.41) is 0. The predicted molar refractivity (Wildman–Crippen MR) is 105 cm³/mol. The summed E-state index contributed by atoms with van der Waals surface area (Å²) in [5.74, 6) is 0.794. The number of anilines is 1. The zero-order chi connectivity index (χ0) is 17.8. The third-order valence-electron chi connectivity index (χ3n) is 4.62. The van der Waals surface area contributed by atoms with Gasteiger partial charge in [-0.3, -0.25) is 9.78 Å². The van der Waals surface area contributed by atoms with Crippen molar-refractivity contribution < 1.29 is 6.22 Å². The molecule has 0 spiro atoms. The molecule has 0 aliphatic carbocycles. The summed E-state index contributed by atoms with van der Waals surface area (Å²) >= 11 is 3.39. The van der Waals surface area contributed by atoms with E-state index in [0.717, 1.165) is 49.4 Å². The van der Waals surface area contributed by atoms with Crippen LogP contribution in [0.15, 0.2) is 34.9 Å². The molecule has 0 atom stereocenters. The number of hydrogen-bond acceptors (Lipinski definition) is 5. The van der Waals surface area contributed by atoms with E-state index in [-0.39, 0.29) is 7.21 Å². The summed E-state index contributed by atoms with van der Waals surface area (Å²) in [6.07, 6.45) is 2.81. The molecule has 2 aromatic rings. The van der Waals surface area contributed by atoms with Gasteiger partial charge < -0.3 is 9.80 Å². The monoisotopic (exact) mass is 404 g/mol. The van der Waals surface area contributed by atoms with E-state index in [1.165, 1.54) is 0 Å². The van der Waals surface area contributed by atoms with Gasteiger partial charge in [0.1, 0.15) is 11.5 Å². The van der Waals surface area contributed by atoms with E-state index in [2.05, 4.69) is 42.6 Å². The number of halogens is 1. The standard InChI is InChI=1S/C19H23BrN4O.H2/c1-3-23-8-5-9-24(11-10-23)18-7-4-6-17(22-18)19(25)16-12-15(20)13-21-14(16)2;/h4,6-7,12-13H,3,5,8-11H2,1-2H3;1H. The second kappa shape index (κ2) is 8.06. The first-order valence-corrected chi connectivity index (χ1v) is 9.49. The van der Waals surface area contributed by atoms with Gasteiger partial charge >= 0.3 is 0 Å². The number of nitrogens with zero attached hydrogens (tertiary/aromatic N) is 4. The highest BCUT2D eigenvalue weighted by Gasteiger charge is 2.18. The molecule has 3 heterocycles. The maximum atomic E-state index is 12.9. The molecule has 1 saturated heterocycles. The van der Waals surface area contributed by atoms with E-state index in [1.54, 1.807) is 12.3 Å². The van der Waals surface area contributed by atoms with Gasteiger partial charge in [-0.25, -0.2) is 4.98 Å². The maximum absolute atomic E-state index is 12.9. The molecule has 0 aromatic carbocycles. The number of ketones is 1. The van der Waals surface area contributed by atoms with Crippen molar-refractivity contribution in [2.75, 3.05) is 37.6 Å². The Morgan fingerprint density at radius 2 is 2.12 bits per heavy atom. The first-order chi connectivity index (χ1) is 12.1. The minimum absolute atomic E-state index is 0. The van der Waals surface area contributed by atoms with E-state index in [0.29, 0.717) is 17.0 Å². The molecule has 1 aliphatic rings. The Morgan fingerprint density at radius 1 is 1.28 bits per heavy atom. The number of carbonyl (C=O) groups is 1. The number of rotatable bonds is 4. The van der Waals surface area contributed by atoms with E-state index in [4.69, 9.17) is 0 Å². The Labute approximate surface area is 158 Å². The second-order valence-electron chi connectivity index (χ2n) is 6.27. The third kappa shape index (κ3) is 4.25. The van der Waals surface area contributed by atoms with Gasteiger partial charge in [0.25, 0.3) is 0 Å². The fourth-order valence-electron chi connectivity index (χ4n) is 3.12. The van der Waals surface area contributed by atoms with E-state index < -0.39 is 0 Å². The molecule has 0 unspecified atom stereocenters. The van der Waals surface area contributed by atoms with Crippen molar-refractivity contribution >= 4 is 27.5 Å². The number of aryl methyl sites for hydroxylation is 1. The molecule has 3 rings (SSSR count). The molecule has 6 heteroatoms. The Hall–Kier alpha value is -1.79. The van der Waals surface area contributed by atoms with Crippen molar-refractivity contribution in [1.82, 2.24) is 14.9 Å². The molecular formula is C19H25BrN4O. The lowest BCUT2D eigenvalue weighted by atomic mass is 10.1. The molecular weight excluding hydrogens is 380 g/mol. The zero-order valence-electron chi connectivity index (χ0n) is 14.7. The Bertz CT molecular complexity index is 771. The maximum Gasteiger partial charge on any atom is 0.213 e. The van der Waals surface area contributed by atoms with Crippen LogP contribution in [0.5, 0.6) is 0 Å². The number of likely N-dealkylation sites (N-methyl/N-ethyl adjacent to an activating group) is 1. The lowest BCUT2D eigenvalue weighted by molar-refractivity contribution is 0.103. The van der Waals surface area contributed by atoms with Gasteiger partial charge in [-0.15, -0.1) is 0 Å². The molecule has 0 radical (unpaired) electrons. The Balaban J connectivity index is 0.00000243. The predicted octanol–water partition coefficient (Wildman–Crippen LogP) is 3.56. The SMILES string of the molecule is CCN1CCCN(c2cccc(C(=O)c3cc(Br)cnc3C)n2)CC1.[HH]. The van der Waals surface area contributed by atoms with Crippen molar-refractivity contribution in [3.05, 3.63) is 51.9 Å². The van der Waals surface area contributed by atoms with Crippen LogP contribution >= 0.6 is 15.9 Å². The lowest BCUT2D eigenvalue weighted by Gasteiger charge is -2.22. The molecule has 25 heavy (non-hydrogen) atoms. The summed E-state index contributed by atoms with van der Waals surface area (Å²) < 4.78 is 0.796. The molecule has 5 nitrogen and oxygen atoms in total. The van der Waals surface area contributed by atoms with Crippen LogP contribution in [0.1, 0.15) is 36.5 Å². The van der Waals surface area contributed by atoms with Gasteiger partial charge in [0.05, 0.1) is 0 Å². The fourth-order valence-corrected chi connectivity index (χ4v) is 3.45. The highest BCUT2D eigenvalue weighted by molar-refractivity contribution is 9.10. The van der Waals surface area contributed by atoms with Crippen molar-refractivity contribution in [2.24, 2.45) is 0 Å². The van der Waals surface area contributed by atoms with Crippen LogP contribution in [0.4, 0.5) is 5.82 Å². The summed E-state index contributed by atoms with van der Waals surface area (Å²) in [6.45, 7) is 9.18. The van der Waals surface area contributed by atoms with Crippen molar-refractivity contribution in [3.63, 3.8) is 0 Å². The molecule has 0 bridgehead atoms. The zero-order valence-corrected chi connectivity index (χ0v) is 16.3. The minimum atomic E-state index is -0.0850. The minimum Gasteiger partial charge on any atom is -0.355 e. The fraction of sp³-hybridized carbons (Fsp3) is 0.421. The van der Waals surface area contributed by atoms with Gasteiger partial charge in [-0.1, -0.05) is 13.0 Å². The lowest BCUT2D eigenvalue weighted by Crippen LogP contribution is -2.31. The summed E-state index contributed by atoms with van der Waals surface area (Å²) in [4.78, 5) is 26.5. The van der Waals surface area contributed by atoms with Gasteiger partial charge in [-0.05, 0) is 60.6 Å². The van der Waals surface area contributed by atoms with Crippen LogP contribution in [0.25, 0.3) is 0 Å². The third-order valence-corrected chi connectivity index (χ3v) is 5.06. The first-order valence-electron chi connectivity index (χ1n) is 8.69. The number of aromatic nitrogens is 2. The van der Waals surface area contributed by atoms with Crippen molar-refractivity contribution in [1.29, 1.82) is 0 Å². The molecule has 1 aliphatic heterocycles. The normalized spacial score (nSPS) is 15.9. The highest BCUT2D eigenvalue weighted by Crippen LogP contribution is 2.19. The number of carbonyl (C=O) groups excluding carboxylic acids is 1. The average Bonchev–Trinajstić information content (AvgIpc) is 2.89. The van der Waals surface area contributed by atoms with Gasteiger partial charge in [-0.2, -0.15) is 0 Å². The topological polar surface area (TPSA) is 49.3 Å². The molecule has 0 N–H and O–H groups in total.